The Kier molecular flexibility index (Phi) is 4.36. The number of hydrogen-bond acceptors (Lipinski definition) is 3. The predicted molar refractivity (Wildman–Crippen MR) is 88.7 cm³/mol. The Morgan fingerprint density at radius 2 is 2.09 bits per heavy atom. The topological polar surface area (TPSA) is 42.0 Å². The van der Waals surface area contributed by atoms with Crippen molar-refractivity contribution in [3.63, 3.8) is 0 Å². The molecule has 0 bridgehead atoms. The Hall–Kier alpha value is -2.31. The molecule has 0 saturated carbocycles. The van der Waals surface area contributed by atoms with Crippen molar-refractivity contribution in [3.8, 4) is 0 Å². The molecule has 0 saturated heterocycles. The van der Waals surface area contributed by atoms with E-state index in [1.165, 1.54) is 42.5 Å². The minimum atomic E-state index is -0.517. The van der Waals surface area contributed by atoms with Crippen molar-refractivity contribution < 1.29 is 13.6 Å². The van der Waals surface area contributed by atoms with Gasteiger partial charge in [-0.2, -0.15) is 0 Å². The molecule has 3 aromatic rings. The first kappa shape index (κ1) is 15.6. The highest BCUT2D eigenvalue weighted by Crippen LogP contribution is 2.26. The normalized spacial score (nSPS) is 11.3. The number of rotatable bonds is 3. The molecule has 0 fully saturated rings. The monoisotopic (exact) mass is 350 g/mol. The van der Waals surface area contributed by atoms with Crippen molar-refractivity contribution in [2.75, 3.05) is 5.32 Å². The van der Waals surface area contributed by atoms with E-state index in [0.29, 0.717) is 15.3 Å². The zero-order valence-corrected chi connectivity index (χ0v) is 13.1. The van der Waals surface area contributed by atoms with E-state index in [9.17, 15) is 13.6 Å². The van der Waals surface area contributed by atoms with Crippen LogP contribution in [0.1, 0.15) is 5.56 Å². The van der Waals surface area contributed by atoms with E-state index in [2.05, 4.69) is 10.3 Å². The summed E-state index contributed by atoms with van der Waals surface area (Å²) in [5.74, 6) is -1.37. The maximum absolute atomic E-state index is 13.6. The molecule has 23 heavy (non-hydrogen) atoms. The van der Waals surface area contributed by atoms with E-state index in [1.54, 1.807) is 0 Å². The molecule has 3 rings (SSSR count). The molecule has 1 heterocycles. The van der Waals surface area contributed by atoms with Gasteiger partial charge >= 0.3 is 0 Å². The number of nitrogens with zero attached hydrogens (tertiary/aromatic N) is 1. The van der Waals surface area contributed by atoms with Crippen LogP contribution in [0, 0.1) is 11.6 Å². The van der Waals surface area contributed by atoms with Crippen molar-refractivity contribution in [2.24, 2.45) is 0 Å². The van der Waals surface area contributed by atoms with Gasteiger partial charge in [-0.25, -0.2) is 13.8 Å². The molecule has 0 unspecified atom stereocenters. The number of nitrogens with one attached hydrogen (secondary N) is 1. The summed E-state index contributed by atoms with van der Waals surface area (Å²) in [5.41, 5.74) is 0.725. The van der Waals surface area contributed by atoms with E-state index in [4.69, 9.17) is 11.6 Å². The van der Waals surface area contributed by atoms with E-state index >= 15 is 0 Å². The highest BCUT2D eigenvalue weighted by atomic mass is 35.5. The van der Waals surface area contributed by atoms with Crippen LogP contribution < -0.4 is 5.32 Å². The van der Waals surface area contributed by atoms with Crippen LogP contribution >= 0.6 is 22.9 Å². The molecule has 0 aliphatic heterocycles. The zero-order chi connectivity index (χ0) is 16.4. The van der Waals surface area contributed by atoms with Crippen molar-refractivity contribution in [1.29, 1.82) is 0 Å². The molecule has 0 spiro atoms. The lowest BCUT2D eigenvalue weighted by Crippen LogP contribution is -2.07. The second kappa shape index (κ2) is 6.44. The molecular formula is C16H9ClF2N2OS. The third-order valence-electron chi connectivity index (χ3n) is 2.98. The van der Waals surface area contributed by atoms with Crippen LogP contribution in [0.3, 0.4) is 0 Å². The largest absolute Gasteiger partial charge is 0.298 e. The van der Waals surface area contributed by atoms with Gasteiger partial charge in [-0.1, -0.05) is 29.0 Å². The Bertz CT molecular complexity index is 903. The van der Waals surface area contributed by atoms with Crippen LogP contribution in [0.4, 0.5) is 13.9 Å². The number of halogens is 3. The number of anilines is 1. The molecule has 116 valence electrons. The Balaban J connectivity index is 1.77. The fraction of sp³-hybridized carbons (Fsp3) is 0. The molecule has 2 aromatic carbocycles. The summed E-state index contributed by atoms with van der Waals surface area (Å²) in [5, 5.41) is 3.10. The third-order valence-corrected chi connectivity index (χ3v) is 4.24. The van der Waals surface area contributed by atoms with Gasteiger partial charge in [-0.05, 0) is 36.4 Å². The van der Waals surface area contributed by atoms with Gasteiger partial charge in [0.1, 0.15) is 11.6 Å². The predicted octanol–water partition coefficient (Wildman–Crippen LogP) is 4.88. The first-order valence-corrected chi connectivity index (χ1v) is 7.71. The van der Waals surface area contributed by atoms with Gasteiger partial charge in [-0.3, -0.25) is 10.1 Å². The Labute approximate surface area is 139 Å². The number of carbonyl (C=O) groups excluding carboxylic acids is 1. The molecule has 0 radical (unpaired) electrons. The van der Waals surface area contributed by atoms with Gasteiger partial charge < -0.3 is 0 Å². The summed E-state index contributed by atoms with van der Waals surface area (Å²) in [6, 6.07) is 8.45. The van der Waals surface area contributed by atoms with Crippen LogP contribution in [-0.4, -0.2) is 10.9 Å². The molecule has 1 aromatic heterocycles. The molecule has 7 heteroatoms. The molecule has 1 N–H and O–H groups in total. The van der Waals surface area contributed by atoms with Crippen molar-refractivity contribution >= 4 is 50.3 Å². The lowest BCUT2D eigenvalue weighted by Gasteiger charge is -1.99. The van der Waals surface area contributed by atoms with Gasteiger partial charge in [0.2, 0.25) is 5.91 Å². The van der Waals surface area contributed by atoms with Crippen molar-refractivity contribution in [3.05, 3.63) is 64.7 Å². The summed E-state index contributed by atoms with van der Waals surface area (Å²) >= 11 is 7.02. The summed E-state index contributed by atoms with van der Waals surface area (Å²) in [6.07, 6.45) is 2.46. The fourth-order valence-electron chi connectivity index (χ4n) is 1.93. The third kappa shape index (κ3) is 3.55. The molecule has 0 atom stereocenters. The second-order valence-corrected chi connectivity index (χ2v) is 6.03. The van der Waals surface area contributed by atoms with Crippen LogP contribution in [0.25, 0.3) is 16.3 Å². The van der Waals surface area contributed by atoms with Crippen LogP contribution in [0.2, 0.25) is 5.02 Å². The smallest absolute Gasteiger partial charge is 0.250 e. The minimum absolute atomic E-state index is 0.135. The lowest BCUT2D eigenvalue weighted by atomic mass is 10.2. The summed E-state index contributed by atoms with van der Waals surface area (Å²) in [6.45, 7) is 0. The highest BCUT2D eigenvalue weighted by Gasteiger charge is 2.08. The van der Waals surface area contributed by atoms with E-state index in [0.717, 1.165) is 17.4 Å². The second-order valence-electron chi connectivity index (χ2n) is 4.59. The molecular weight excluding hydrogens is 342 g/mol. The molecule has 1 amide bonds. The van der Waals surface area contributed by atoms with E-state index in [-0.39, 0.29) is 16.4 Å². The Morgan fingerprint density at radius 3 is 2.87 bits per heavy atom. The van der Waals surface area contributed by atoms with E-state index in [1.807, 2.05) is 0 Å². The number of benzene rings is 2. The van der Waals surface area contributed by atoms with Gasteiger partial charge in [0, 0.05) is 11.6 Å². The minimum Gasteiger partial charge on any atom is -0.298 e. The molecule has 3 nitrogen and oxygen atoms in total. The van der Waals surface area contributed by atoms with Crippen molar-refractivity contribution in [2.45, 2.75) is 0 Å². The maximum Gasteiger partial charge on any atom is 0.250 e. The number of hydrogen-bond donors (Lipinski definition) is 1. The summed E-state index contributed by atoms with van der Waals surface area (Å²) in [4.78, 5) is 16.1. The quantitative estimate of drug-likeness (QED) is 0.684. The fourth-order valence-corrected chi connectivity index (χ4v) is 3.05. The zero-order valence-electron chi connectivity index (χ0n) is 11.5. The number of fused-ring (bicyclic) bond motifs is 1. The van der Waals surface area contributed by atoms with Crippen LogP contribution in [-0.2, 0) is 4.79 Å². The number of thiazole rings is 1. The standard InChI is InChI=1S/C16H9ClF2N2OS/c17-11-2-1-3-12(19)10(11)5-7-15(22)21-16-20-13-6-4-9(18)8-14(13)23-16/h1-8H,(H,20,21,22)/b7-5+. The highest BCUT2D eigenvalue weighted by molar-refractivity contribution is 7.22. The number of aromatic nitrogens is 1. The number of amides is 1. The van der Waals surface area contributed by atoms with Gasteiger partial charge in [0.05, 0.1) is 15.2 Å². The average molecular weight is 351 g/mol. The van der Waals surface area contributed by atoms with Crippen molar-refractivity contribution in [1.82, 2.24) is 4.98 Å². The number of carbonyl (C=O) groups is 1. The first-order chi connectivity index (χ1) is 11.0. The van der Waals surface area contributed by atoms with Gasteiger partial charge in [-0.15, -0.1) is 0 Å². The maximum atomic E-state index is 13.6. The van der Waals surface area contributed by atoms with Gasteiger partial charge in [0.25, 0.3) is 0 Å². The average Bonchev–Trinajstić information content (AvgIpc) is 2.88. The van der Waals surface area contributed by atoms with Crippen LogP contribution in [0.15, 0.2) is 42.5 Å². The Morgan fingerprint density at radius 1 is 1.26 bits per heavy atom. The lowest BCUT2D eigenvalue weighted by molar-refractivity contribution is -0.111. The first-order valence-electron chi connectivity index (χ1n) is 6.52. The SMILES string of the molecule is O=C(/C=C/c1c(F)cccc1Cl)Nc1nc2ccc(F)cc2s1. The molecule has 0 aliphatic rings. The van der Waals surface area contributed by atoms with Crippen LogP contribution in [0.5, 0.6) is 0 Å². The van der Waals surface area contributed by atoms with E-state index < -0.39 is 11.7 Å². The van der Waals surface area contributed by atoms with Gasteiger partial charge in [0.15, 0.2) is 5.13 Å². The summed E-state index contributed by atoms with van der Waals surface area (Å²) in [7, 11) is 0. The summed E-state index contributed by atoms with van der Waals surface area (Å²) < 4.78 is 27.3. The molecule has 0 aliphatic carbocycles.